The zero-order valence-corrected chi connectivity index (χ0v) is 12.3. The van der Waals surface area contributed by atoms with Gasteiger partial charge < -0.3 is 10.1 Å². The zero-order chi connectivity index (χ0) is 14.3. The zero-order valence-electron chi connectivity index (χ0n) is 12.3. The van der Waals surface area contributed by atoms with Crippen molar-refractivity contribution in [2.24, 2.45) is 0 Å². The summed E-state index contributed by atoms with van der Waals surface area (Å²) in [5, 5.41) is 3.39. The van der Waals surface area contributed by atoms with Gasteiger partial charge in [-0.15, -0.1) is 0 Å². The van der Waals surface area contributed by atoms with Crippen LogP contribution in [0.3, 0.4) is 0 Å². The van der Waals surface area contributed by atoms with Gasteiger partial charge in [-0.1, -0.05) is 18.2 Å². The van der Waals surface area contributed by atoms with Gasteiger partial charge in [-0.25, -0.2) is 4.39 Å². The van der Waals surface area contributed by atoms with Crippen molar-refractivity contribution in [1.29, 1.82) is 0 Å². The maximum absolute atomic E-state index is 13.6. The molecule has 0 atom stereocenters. The van der Waals surface area contributed by atoms with Crippen LogP contribution in [0, 0.1) is 5.82 Å². The van der Waals surface area contributed by atoms with E-state index in [0.29, 0.717) is 18.8 Å². The Morgan fingerprint density at radius 1 is 1.32 bits per heavy atom. The second kappa shape index (κ2) is 7.41. The standard InChI is InChI=1S/C16H24FNO/c1-5-6-9-19-12-14-10-13(7-8-15(14)17)11-18-16(2,3)4/h5-8,10,18H,9,11-12H2,1-4H3/b6-5+. The molecular formula is C16H24FNO. The molecule has 0 bridgehead atoms. The van der Waals surface area contributed by atoms with Crippen molar-refractivity contribution >= 4 is 0 Å². The molecule has 0 radical (unpaired) electrons. The van der Waals surface area contributed by atoms with E-state index in [1.807, 2.05) is 31.2 Å². The second-order valence-electron chi connectivity index (χ2n) is 5.61. The molecule has 0 heterocycles. The molecule has 1 aromatic rings. The molecule has 0 aromatic heterocycles. The predicted molar refractivity (Wildman–Crippen MR) is 77.5 cm³/mol. The van der Waals surface area contributed by atoms with E-state index >= 15 is 0 Å². The van der Waals surface area contributed by atoms with E-state index in [9.17, 15) is 4.39 Å². The third kappa shape index (κ3) is 6.50. The first kappa shape index (κ1) is 15.9. The summed E-state index contributed by atoms with van der Waals surface area (Å²) < 4.78 is 19.0. The van der Waals surface area contributed by atoms with Crippen LogP contribution in [0.15, 0.2) is 30.4 Å². The minimum atomic E-state index is -0.208. The van der Waals surface area contributed by atoms with Crippen LogP contribution in [-0.4, -0.2) is 12.1 Å². The lowest BCUT2D eigenvalue weighted by Gasteiger charge is -2.20. The van der Waals surface area contributed by atoms with Crippen molar-refractivity contribution < 1.29 is 9.13 Å². The van der Waals surface area contributed by atoms with E-state index in [4.69, 9.17) is 4.74 Å². The van der Waals surface area contributed by atoms with Crippen LogP contribution in [0.1, 0.15) is 38.8 Å². The molecule has 0 saturated carbocycles. The molecule has 0 fully saturated rings. The smallest absolute Gasteiger partial charge is 0.128 e. The predicted octanol–water partition coefficient (Wildman–Crippen LogP) is 3.81. The van der Waals surface area contributed by atoms with Crippen molar-refractivity contribution in [3.05, 3.63) is 47.3 Å². The van der Waals surface area contributed by atoms with Gasteiger partial charge in [-0.05, 0) is 45.4 Å². The molecule has 0 unspecified atom stereocenters. The van der Waals surface area contributed by atoms with E-state index < -0.39 is 0 Å². The highest BCUT2D eigenvalue weighted by atomic mass is 19.1. The first-order valence-corrected chi connectivity index (χ1v) is 6.63. The van der Waals surface area contributed by atoms with Gasteiger partial charge in [0.15, 0.2) is 0 Å². The van der Waals surface area contributed by atoms with E-state index in [1.165, 1.54) is 6.07 Å². The molecule has 19 heavy (non-hydrogen) atoms. The van der Waals surface area contributed by atoms with Crippen molar-refractivity contribution in [1.82, 2.24) is 5.32 Å². The molecule has 0 amide bonds. The largest absolute Gasteiger partial charge is 0.373 e. The normalized spacial score (nSPS) is 12.3. The molecule has 0 aliphatic rings. The average molecular weight is 265 g/mol. The lowest BCUT2D eigenvalue weighted by molar-refractivity contribution is 0.145. The number of ether oxygens (including phenoxy) is 1. The monoisotopic (exact) mass is 265 g/mol. The van der Waals surface area contributed by atoms with Gasteiger partial charge in [0.2, 0.25) is 0 Å². The summed E-state index contributed by atoms with van der Waals surface area (Å²) in [6.07, 6.45) is 3.82. The Morgan fingerprint density at radius 3 is 2.68 bits per heavy atom. The third-order valence-electron chi connectivity index (χ3n) is 2.64. The number of allylic oxidation sites excluding steroid dienone is 1. The maximum atomic E-state index is 13.6. The second-order valence-corrected chi connectivity index (χ2v) is 5.61. The Bertz CT molecular complexity index is 421. The van der Waals surface area contributed by atoms with Gasteiger partial charge in [0.05, 0.1) is 13.2 Å². The molecule has 1 aromatic carbocycles. The van der Waals surface area contributed by atoms with Gasteiger partial charge in [0.1, 0.15) is 5.82 Å². The van der Waals surface area contributed by atoms with Crippen LogP contribution in [0.4, 0.5) is 4.39 Å². The highest BCUT2D eigenvalue weighted by molar-refractivity contribution is 5.24. The third-order valence-corrected chi connectivity index (χ3v) is 2.64. The number of benzene rings is 1. The first-order valence-electron chi connectivity index (χ1n) is 6.63. The van der Waals surface area contributed by atoms with E-state index in [1.54, 1.807) is 0 Å². The van der Waals surface area contributed by atoms with Gasteiger partial charge in [-0.3, -0.25) is 0 Å². The van der Waals surface area contributed by atoms with Crippen molar-refractivity contribution in [3.63, 3.8) is 0 Å². The Labute approximate surface area is 115 Å². The highest BCUT2D eigenvalue weighted by Gasteiger charge is 2.09. The molecule has 2 nitrogen and oxygen atoms in total. The summed E-state index contributed by atoms with van der Waals surface area (Å²) in [6, 6.07) is 5.18. The molecule has 1 N–H and O–H groups in total. The Kier molecular flexibility index (Phi) is 6.19. The fourth-order valence-corrected chi connectivity index (χ4v) is 1.55. The minimum Gasteiger partial charge on any atom is -0.373 e. The summed E-state index contributed by atoms with van der Waals surface area (Å²) in [4.78, 5) is 0. The van der Waals surface area contributed by atoms with Crippen LogP contribution < -0.4 is 5.32 Å². The number of halogens is 1. The van der Waals surface area contributed by atoms with Crippen LogP contribution in [0.25, 0.3) is 0 Å². The van der Waals surface area contributed by atoms with Crippen molar-refractivity contribution in [2.45, 2.75) is 46.4 Å². The number of hydrogen-bond acceptors (Lipinski definition) is 2. The topological polar surface area (TPSA) is 21.3 Å². The summed E-state index contributed by atoms with van der Waals surface area (Å²) in [7, 11) is 0. The van der Waals surface area contributed by atoms with Crippen LogP contribution in [-0.2, 0) is 17.9 Å². The summed E-state index contributed by atoms with van der Waals surface area (Å²) in [5.41, 5.74) is 1.73. The Hall–Kier alpha value is -1.19. The van der Waals surface area contributed by atoms with Crippen LogP contribution in [0.5, 0.6) is 0 Å². The quantitative estimate of drug-likeness (QED) is 0.624. The lowest BCUT2D eigenvalue weighted by Crippen LogP contribution is -2.35. The summed E-state index contributed by atoms with van der Waals surface area (Å²) >= 11 is 0. The van der Waals surface area contributed by atoms with Gasteiger partial charge >= 0.3 is 0 Å². The van der Waals surface area contributed by atoms with Crippen molar-refractivity contribution in [3.8, 4) is 0 Å². The van der Waals surface area contributed by atoms with Gasteiger partial charge in [-0.2, -0.15) is 0 Å². The fourth-order valence-electron chi connectivity index (χ4n) is 1.55. The molecule has 0 aliphatic heterocycles. The van der Waals surface area contributed by atoms with E-state index in [0.717, 1.165) is 12.1 Å². The molecule has 1 rings (SSSR count). The Morgan fingerprint density at radius 2 is 2.05 bits per heavy atom. The Balaban J connectivity index is 2.60. The van der Waals surface area contributed by atoms with Gasteiger partial charge in [0.25, 0.3) is 0 Å². The van der Waals surface area contributed by atoms with E-state index in [2.05, 4.69) is 26.1 Å². The van der Waals surface area contributed by atoms with Crippen molar-refractivity contribution in [2.75, 3.05) is 6.61 Å². The molecule has 3 heteroatoms. The van der Waals surface area contributed by atoms with E-state index in [-0.39, 0.29) is 11.4 Å². The SMILES string of the molecule is C/C=C/COCc1cc(CNC(C)(C)C)ccc1F. The molecular weight excluding hydrogens is 241 g/mol. The number of rotatable bonds is 6. The summed E-state index contributed by atoms with van der Waals surface area (Å²) in [5.74, 6) is -0.208. The minimum absolute atomic E-state index is 0.0525. The number of hydrogen-bond donors (Lipinski definition) is 1. The van der Waals surface area contributed by atoms with Crippen LogP contribution in [0.2, 0.25) is 0 Å². The summed E-state index contributed by atoms with van der Waals surface area (Å²) in [6.45, 7) is 9.81. The number of nitrogens with one attached hydrogen (secondary N) is 1. The lowest BCUT2D eigenvalue weighted by atomic mass is 10.1. The van der Waals surface area contributed by atoms with Crippen LogP contribution >= 0.6 is 0 Å². The molecule has 0 aliphatic carbocycles. The first-order chi connectivity index (χ1) is 8.92. The maximum Gasteiger partial charge on any atom is 0.128 e. The van der Waals surface area contributed by atoms with Gasteiger partial charge in [0, 0.05) is 17.6 Å². The molecule has 0 saturated heterocycles. The highest BCUT2D eigenvalue weighted by Crippen LogP contribution is 2.13. The molecule has 0 spiro atoms. The fraction of sp³-hybridized carbons (Fsp3) is 0.500. The average Bonchev–Trinajstić information content (AvgIpc) is 2.34. The molecule has 106 valence electrons.